The van der Waals surface area contributed by atoms with Gasteiger partial charge in [-0.2, -0.15) is 0 Å². The van der Waals surface area contributed by atoms with E-state index in [4.69, 9.17) is 11.6 Å². The van der Waals surface area contributed by atoms with Gasteiger partial charge in [0, 0.05) is 22.0 Å². The topological polar surface area (TPSA) is 15.9 Å². The second kappa shape index (κ2) is 8.74. The average Bonchev–Trinajstić information content (AvgIpc) is 2.94. The Morgan fingerprint density at radius 2 is 1.84 bits per heavy atom. The highest BCUT2D eigenvalue weighted by Crippen LogP contribution is 2.27. The highest BCUT2D eigenvalue weighted by molar-refractivity contribution is 7.13. The van der Waals surface area contributed by atoms with E-state index in [-0.39, 0.29) is 22.7 Å². The summed E-state index contributed by atoms with van der Waals surface area (Å²) >= 11 is 7.44. The van der Waals surface area contributed by atoms with Crippen LogP contribution in [0.15, 0.2) is 47.8 Å². The van der Waals surface area contributed by atoms with Gasteiger partial charge >= 0.3 is 5.13 Å². The first-order valence-corrected chi connectivity index (χ1v) is 8.83. The summed E-state index contributed by atoms with van der Waals surface area (Å²) in [6.45, 7) is 2.87. The van der Waals surface area contributed by atoms with Crippen molar-refractivity contribution < 1.29 is 30.3 Å². The van der Waals surface area contributed by atoms with Crippen LogP contribution < -0.4 is 26.9 Å². The van der Waals surface area contributed by atoms with Crippen molar-refractivity contribution in [2.45, 2.75) is 19.9 Å². The molecule has 1 aromatic heterocycles. The molecule has 0 bridgehead atoms. The molecular formula is C18H16BrClF2N2S. The van der Waals surface area contributed by atoms with Crippen LogP contribution in [0.25, 0.3) is 11.3 Å². The largest absolute Gasteiger partial charge is 1.00 e. The summed E-state index contributed by atoms with van der Waals surface area (Å²) in [6.07, 6.45) is 0.933. The van der Waals surface area contributed by atoms with Crippen molar-refractivity contribution in [1.82, 2.24) is 0 Å². The number of thiazole rings is 1. The minimum absolute atomic E-state index is 0. The first kappa shape index (κ1) is 19.8. The van der Waals surface area contributed by atoms with E-state index in [0.29, 0.717) is 5.02 Å². The lowest BCUT2D eigenvalue weighted by atomic mass is 10.2. The van der Waals surface area contributed by atoms with Crippen molar-refractivity contribution in [3.05, 3.63) is 64.5 Å². The van der Waals surface area contributed by atoms with Gasteiger partial charge in [0.05, 0.1) is 6.54 Å². The second-order valence-corrected chi connectivity index (χ2v) is 6.63. The van der Waals surface area contributed by atoms with Crippen molar-refractivity contribution in [2.24, 2.45) is 0 Å². The maximum atomic E-state index is 13.9. The molecule has 132 valence electrons. The lowest BCUT2D eigenvalue weighted by Crippen LogP contribution is -3.00. The zero-order valence-corrected chi connectivity index (χ0v) is 16.6. The van der Waals surface area contributed by atoms with Crippen molar-refractivity contribution in [3.63, 3.8) is 0 Å². The molecule has 0 atom stereocenters. The number of hydrogen-bond donors (Lipinski definition) is 1. The van der Waals surface area contributed by atoms with Crippen molar-refractivity contribution in [3.8, 4) is 11.3 Å². The summed E-state index contributed by atoms with van der Waals surface area (Å²) in [5, 5.41) is 6.57. The molecule has 7 heteroatoms. The maximum absolute atomic E-state index is 13.9. The van der Waals surface area contributed by atoms with Gasteiger partial charge in [-0.3, -0.25) is 0 Å². The summed E-state index contributed by atoms with van der Waals surface area (Å²) in [5.41, 5.74) is 2.33. The van der Waals surface area contributed by atoms with Crippen LogP contribution in [0.5, 0.6) is 0 Å². The Morgan fingerprint density at radius 3 is 2.48 bits per heavy atom. The lowest BCUT2D eigenvalue weighted by Gasteiger charge is -2.06. The molecule has 2 nitrogen and oxygen atoms in total. The van der Waals surface area contributed by atoms with Gasteiger partial charge in [0.1, 0.15) is 11.5 Å². The van der Waals surface area contributed by atoms with Crippen LogP contribution in [-0.2, 0) is 6.54 Å². The van der Waals surface area contributed by atoms with E-state index in [1.54, 1.807) is 0 Å². The van der Waals surface area contributed by atoms with Gasteiger partial charge in [0.2, 0.25) is 0 Å². The van der Waals surface area contributed by atoms with E-state index in [2.05, 4.69) is 16.8 Å². The van der Waals surface area contributed by atoms with Gasteiger partial charge < -0.3 is 17.0 Å². The monoisotopic (exact) mass is 444 g/mol. The highest BCUT2D eigenvalue weighted by atomic mass is 79.9. The molecule has 1 heterocycles. The average molecular weight is 446 g/mol. The summed E-state index contributed by atoms with van der Waals surface area (Å²) < 4.78 is 29.1. The predicted molar refractivity (Wildman–Crippen MR) is 94.9 cm³/mol. The third-order valence-electron chi connectivity index (χ3n) is 3.58. The standard InChI is InChI=1S/C18H15ClF2N2S.BrH/c1-2-9-23-17(12-3-5-13(19)6-4-12)11-24-18(23)22-16-8-7-14(20)10-15(16)21;/h3-8,10-11H,2,9H2,1H3;1H. The number of benzene rings is 2. The SMILES string of the molecule is CCC[n+]1c(-c2ccc(Cl)cc2)csc1Nc1ccc(F)cc1F.[Br-]. The van der Waals surface area contributed by atoms with Gasteiger partial charge in [0.15, 0.2) is 11.5 Å². The normalized spacial score (nSPS) is 10.4. The van der Waals surface area contributed by atoms with Gasteiger partial charge in [-0.05, 0) is 42.8 Å². The molecule has 0 unspecified atom stereocenters. The molecule has 1 N–H and O–H groups in total. The van der Waals surface area contributed by atoms with E-state index in [9.17, 15) is 8.78 Å². The maximum Gasteiger partial charge on any atom is 0.339 e. The van der Waals surface area contributed by atoms with E-state index in [1.165, 1.54) is 23.5 Å². The Morgan fingerprint density at radius 1 is 1.12 bits per heavy atom. The van der Waals surface area contributed by atoms with Crippen LogP contribution in [0.1, 0.15) is 13.3 Å². The molecule has 0 aliphatic carbocycles. The molecule has 0 saturated carbocycles. The van der Waals surface area contributed by atoms with Crippen molar-refractivity contribution >= 4 is 33.8 Å². The molecular weight excluding hydrogens is 430 g/mol. The molecule has 3 rings (SSSR count). The second-order valence-electron chi connectivity index (χ2n) is 5.33. The molecule has 0 saturated heterocycles. The lowest BCUT2D eigenvalue weighted by molar-refractivity contribution is -0.668. The predicted octanol–water partition coefficient (Wildman–Crippen LogP) is 2.79. The summed E-state index contributed by atoms with van der Waals surface area (Å²) in [5.74, 6) is -1.20. The third kappa shape index (κ3) is 4.57. The van der Waals surface area contributed by atoms with Gasteiger partial charge in [-0.15, -0.1) is 0 Å². The Kier molecular flexibility index (Phi) is 6.93. The number of hydrogen-bond acceptors (Lipinski definition) is 2. The number of anilines is 2. The highest BCUT2D eigenvalue weighted by Gasteiger charge is 2.20. The molecule has 25 heavy (non-hydrogen) atoms. The van der Waals surface area contributed by atoms with Crippen molar-refractivity contribution in [1.29, 1.82) is 0 Å². The van der Waals surface area contributed by atoms with E-state index < -0.39 is 11.6 Å². The number of rotatable bonds is 5. The molecule has 0 spiro atoms. The Labute approximate surface area is 164 Å². The van der Waals surface area contributed by atoms with E-state index in [1.807, 2.05) is 29.6 Å². The molecule has 0 fully saturated rings. The van der Waals surface area contributed by atoms with Crippen LogP contribution in [0.3, 0.4) is 0 Å². The van der Waals surface area contributed by atoms with Crippen LogP contribution in [0.2, 0.25) is 5.02 Å². The minimum atomic E-state index is -0.612. The fourth-order valence-corrected chi connectivity index (χ4v) is 3.54. The fraction of sp³-hybridized carbons (Fsp3) is 0.167. The first-order valence-electron chi connectivity index (χ1n) is 7.58. The third-order valence-corrected chi connectivity index (χ3v) is 4.72. The van der Waals surface area contributed by atoms with Crippen LogP contribution in [0, 0.1) is 11.6 Å². The van der Waals surface area contributed by atoms with Gasteiger partial charge in [-0.1, -0.05) is 29.9 Å². The zero-order valence-electron chi connectivity index (χ0n) is 13.4. The smallest absolute Gasteiger partial charge is 0.339 e. The quantitative estimate of drug-likeness (QED) is 0.597. The molecule has 3 aromatic rings. The van der Waals surface area contributed by atoms with Crippen LogP contribution >= 0.6 is 22.9 Å². The number of halogens is 4. The Hall–Kier alpha value is -1.50. The van der Waals surface area contributed by atoms with Crippen molar-refractivity contribution in [2.75, 3.05) is 5.32 Å². The first-order chi connectivity index (χ1) is 11.6. The number of aromatic nitrogens is 1. The minimum Gasteiger partial charge on any atom is -1.00 e. The van der Waals surface area contributed by atoms with Crippen LogP contribution in [-0.4, -0.2) is 0 Å². The molecule has 0 amide bonds. The van der Waals surface area contributed by atoms with E-state index in [0.717, 1.165) is 35.4 Å². The Bertz CT molecular complexity index is 853. The van der Waals surface area contributed by atoms with Crippen LogP contribution in [0.4, 0.5) is 19.6 Å². The Balaban J connectivity index is 0.00000225. The van der Waals surface area contributed by atoms with Gasteiger partial charge in [-0.25, -0.2) is 18.7 Å². The molecule has 0 aliphatic rings. The van der Waals surface area contributed by atoms with E-state index >= 15 is 0 Å². The van der Waals surface area contributed by atoms with Gasteiger partial charge in [0.25, 0.3) is 0 Å². The summed E-state index contributed by atoms with van der Waals surface area (Å²) in [7, 11) is 0. The number of nitrogens with zero attached hydrogens (tertiary/aromatic N) is 1. The molecule has 0 aliphatic heterocycles. The summed E-state index contributed by atoms with van der Waals surface area (Å²) in [4.78, 5) is 0. The molecule has 2 aromatic carbocycles. The molecule has 0 radical (unpaired) electrons. The summed E-state index contributed by atoms with van der Waals surface area (Å²) in [6, 6.07) is 11.1. The fourth-order valence-electron chi connectivity index (χ4n) is 2.44. The number of nitrogens with one attached hydrogen (secondary N) is 1. The zero-order chi connectivity index (χ0) is 17.1.